The molecule has 6 rings (SSSR count). The minimum Gasteiger partial charge on any atom is -0.467 e. The first-order valence-corrected chi connectivity index (χ1v) is 10.9. The molecule has 0 N–H and O–H groups in total. The average Bonchev–Trinajstić information content (AvgIpc) is 3.40. The number of para-hydroxylation sites is 2. The van der Waals surface area contributed by atoms with Gasteiger partial charge in [0.1, 0.15) is 22.5 Å². The SMILES string of the molecule is Cc1nc2c(c(=O)n1C1CCCCC1)c1nc3ccccc3nc1n2Cc1ccco1. The fraction of sp³-hybridized carbons (Fsp3) is 0.333. The fourth-order valence-electron chi connectivity index (χ4n) is 4.95. The van der Waals surface area contributed by atoms with E-state index < -0.39 is 0 Å². The molecule has 0 amide bonds. The van der Waals surface area contributed by atoms with Crippen LogP contribution in [0.25, 0.3) is 33.2 Å². The molecule has 5 aromatic rings. The van der Waals surface area contributed by atoms with Crippen LogP contribution in [0.3, 0.4) is 0 Å². The summed E-state index contributed by atoms with van der Waals surface area (Å²) in [5, 5.41) is 0.552. The molecule has 0 bridgehead atoms. The van der Waals surface area contributed by atoms with Crippen LogP contribution in [0.2, 0.25) is 0 Å². The van der Waals surface area contributed by atoms with E-state index in [9.17, 15) is 4.79 Å². The van der Waals surface area contributed by atoms with Crippen molar-refractivity contribution >= 4 is 33.2 Å². The molecule has 0 saturated heterocycles. The van der Waals surface area contributed by atoms with Gasteiger partial charge in [0.25, 0.3) is 5.56 Å². The van der Waals surface area contributed by atoms with Crippen molar-refractivity contribution in [3.8, 4) is 0 Å². The van der Waals surface area contributed by atoms with Gasteiger partial charge in [-0.25, -0.2) is 15.0 Å². The molecule has 1 saturated carbocycles. The highest BCUT2D eigenvalue weighted by atomic mass is 16.3. The summed E-state index contributed by atoms with van der Waals surface area (Å²) in [5.41, 5.74) is 3.45. The van der Waals surface area contributed by atoms with Crippen LogP contribution in [0, 0.1) is 6.92 Å². The number of nitrogens with zero attached hydrogens (tertiary/aromatic N) is 5. The van der Waals surface area contributed by atoms with Crippen LogP contribution in [-0.2, 0) is 6.54 Å². The van der Waals surface area contributed by atoms with Crippen molar-refractivity contribution in [1.29, 1.82) is 0 Å². The lowest BCUT2D eigenvalue weighted by Crippen LogP contribution is -2.29. The minimum atomic E-state index is -0.0119. The topological polar surface area (TPSA) is 78.7 Å². The van der Waals surface area contributed by atoms with E-state index in [4.69, 9.17) is 19.4 Å². The number of hydrogen-bond donors (Lipinski definition) is 0. The Kier molecular flexibility index (Phi) is 4.16. The molecule has 156 valence electrons. The summed E-state index contributed by atoms with van der Waals surface area (Å²) >= 11 is 0. The molecule has 7 nitrogen and oxygen atoms in total. The molecule has 7 heteroatoms. The van der Waals surface area contributed by atoms with Gasteiger partial charge in [0, 0.05) is 6.04 Å². The molecule has 31 heavy (non-hydrogen) atoms. The predicted molar refractivity (Wildman–Crippen MR) is 119 cm³/mol. The number of fused-ring (bicyclic) bond motifs is 4. The second kappa shape index (κ2) is 7.04. The standard InChI is InChI=1S/C24H23N5O2/c1-15-25-22-20(24(30)29(15)16-8-3-2-4-9-16)21-23(28(22)14-17-10-7-13-31-17)27-19-12-6-5-11-18(19)26-21/h5-7,10-13,16H,2-4,8-9,14H2,1H3. The summed E-state index contributed by atoms with van der Waals surface area (Å²) < 4.78 is 9.45. The highest BCUT2D eigenvalue weighted by molar-refractivity contribution is 6.04. The van der Waals surface area contributed by atoms with Crippen LogP contribution >= 0.6 is 0 Å². The first kappa shape index (κ1) is 18.3. The Morgan fingerprint density at radius 2 is 1.74 bits per heavy atom. The predicted octanol–water partition coefficient (Wildman–Crippen LogP) is 4.75. The van der Waals surface area contributed by atoms with Crippen LogP contribution < -0.4 is 5.56 Å². The fourth-order valence-corrected chi connectivity index (χ4v) is 4.95. The molecule has 0 spiro atoms. The Morgan fingerprint density at radius 1 is 0.968 bits per heavy atom. The molecule has 0 atom stereocenters. The Labute approximate surface area is 178 Å². The van der Waals surface area contributed by atoms with Crippen molar-refractivity contribution in [2.75, 3.05) is 0 Å². The Balaban J connectivity index is 1.70. The molecule has 1 aliphatic rings. The van der Waals surface area contributed by atoms with Gasteiger partial charge in [-0.2, -0.15) is 0 Å². The highest BCUT2D eigenvalue weighted by Crippen LogP contribution is 2.30. The van der Waals surface area contributed by atoms with Crippen LogP contribution in [0.1, 0.15) is 49.7 Å². The normalized spacial score (nSPS) is 15.4. The summed E-state index contributed by atoms with van der Waals surface area (Å²) in [4.78, 5) is 28.5. The molecule has 0 aliphatic heterocycles. The van der Waals surface area contributed by atoms with Gasteiger partial charge in [-0.3, -0.25) is 9.36 Å². The van der Waals surface area contributed by atoms with Crippen molar-refractivity contribution in [1.82, 2.24) is 24.1 Å². The van der Waals surface area contributed by atoms with E-state index >= 15 is 0 Å². The van der Waals surface area contributed by atoms with E-state index in [1.807, 2.05) is 52.5 Å². The van der Waals surface area contributed by atoms with Gasteiger partial charge in [0.15, 0.2) is 11.3 Å². The second-order valence-corrected chi connectivity index (χ2v) is 8.37. The van der Waals surface area contributed by atoms with E-state index in [0.29, 0.717) is 28.7 Å². The first-order valence-electron chi connectivity index (χ1n) is 10.9. The number of benzene rings is 1. The van der Waals surface area contributed by atoms with Crippen molar-refractivity contribution < 1.29 is 4.42 Å². The van der Waals surface area contributed by atoms with E-state index in [0.717, 1.165) is 48.3 Å². The van der Waals surface area contributed by atoms with Gasteiger partial charge in [-0.15, -0.1) is 0 Å². The van der Waals surface area contributed by atoms with Crippen molar-refractivity contribution in [2.45, 2.75) is 51.6 Å². The maximum Gasteiger partial charge on any atom is 0.265 e. The summed E-state index contributed by atoms with van der Waals surface area (Å²) in [6.07, 6.45) is 7.23. The molecule has 1 aliphatic carbocycles. The number of rotatable bonds is 3. The summed E-state index contributed by atoms with van der Waals surface area (Å²) in [5.74, 6) is 1.53. The zero-order valence-electron chi connectivity index (χ0n) is 17.4. The van der Waals surface area contributed by atoms with Gasteiger partial charge in [-0.05, 0) is 44.0 Å². The zero-order valence-corrected chi connectivity index (χ0v) is 17.4. The van der Waals surface area contributed by atoms with Crippen LogP contribution in [-0.4, -0.2) is 24.1 Å². The smallest absolute Gasteiger partial charge is 0.265 e. The largest absolute Gasteiger partial charge is 0.467 e. The van der Waals surface area contributed by atoms with Gasteiger partial charge in [0.05, 0.1) is 23.8 Å². The van der Waals surface area contributed by atoms with Crippen molar-refractivity contribution in [3.63, 3.8) is 0 Å². The highest BCUT2D eigenvalue weighted by Gasteiger charge is 2.25. The van der Waals surface area contributed by atoms with Crippen LogP contribution in [0.4, 0.5) is 0 Å². The Morgan fingerprint density at radius 3 is 2.48 bits per heavy atom. The van der Waals surface area contributed by atoms with E-state index in [2.05, 4.69) is 0 Å². The molecular weight excluding hydrogens is 390 g/mol. The van der Waals surface area contributed by atoms with E-state index in [1.165, 1.54) is 6.42 Å². The van der Waals surface area contributed by atoms with Gasteiger partial charge in [0.2, 0.25) is 0 Å². The maximum absolute atomic E-state index is 13.8. The van der Waals surface area contributed by atoms with E-state index in [1.54, 1.807) is 6.26 Å². The molecule has 0 radical (unpaired) electrons. The number of furan rings is 1. The molecule has 4 aromatic heterocycles. The van der Waals surface area contributed by atoms with Gasteiger partial charge in [-0.1, -0.05) is 31.4 Å². The van der Waals surface area contributed by atoms with E-state index in [-0.39, 0.29) is 11.6 Å². The molecular formula is C24H23N5O2. The van der Waals surface area contributed by atoms with Gasteiger partial charge < -0.3 is 8.98 Å². The zero-order chi connectivity index (χ0) is 20.9. The summed E-state index contributed by atoms with van der Waals surface area (Å²) in [6.45, 7) is 2.38. The lowest BCUT2D eigenvalue weighted by Gasteiger charge is -2.25. The summed E-state index contributed by atoms with van der Waals surface area (Å²) in [7, 11) is 0. The number of hydrogen-bond acceptors (Lipinski definition) is 5. The Hall–Kier alpha value is -3.48. The lowest BCUT2D eigenvalue weighted by molar-refractivity contribution is 0.339. The van der Waals surface area contributed by atoms with Crippen LogP contribution in [0.5, 0.6) is 0 Å². The lowest BCUT2D eigenvalue weighted by atomic mass is 9.95. The average molecular weight is 413 g/mol. The van der Waals surface area contributed by atoms with Crippen LogP contribution in [0.15, 0.2) is 51.9 Å². The molecule has 1 aromatic carbocycles. The number of aromatic nitrogens is 5. The molecule has 4 heterocycles. The maximum atomic E-state index is 13.8. The first-order chi connectivity index (χ1) is 15.2. The quantitative estimate of drug-likeness (QED) is 0.426. The summed E-state index contributed by atoms with van der Waals surface area (Å²) in [6, 6.07) is 11.7. The second-order valence-electron chi connectivity index (χ2n) is 8.37. The van der Waals surface area contributed by atoms with Crippen molar-refractivity contribution in [2.24, 2.45) is 0 Å². The third-order valence-corrected chi connectivity index (χ3v) is 6.41. The third kappa shape index (κ3) is 2.87. The monoisotopic (exact) mass is 413 g/mol. The molecule has 1 fully saturated rings. The van der Waals surface area contributed by atoms with Crippen molar-refractivity contribution in [3.05, 3.63) is 64.6 Å². The minimum absolute atomic E-state index is 0.0119. The number of aryl methyl sites for hydroxylation is 1. The third-order valence-electron chi connectivity index (χ3n) is 6.41. The Bertz CT molecular complexity index is 1470. The molecule has 0 unspecified atom stereocenters. The van der Waals surface area contributed by atoms with Gasteiger partial charge >= 0.3 is 0 Å².